The normalized spacial score (nSPS) is 38.5. The van der Waals surface area contributed by atoms with Gasteiger partial charge < -0.3 is 18.9 Å². The van der Waals surface area contributed by atoms with Gasteiger partial charge in [0.1, 0.15) is 12.2 Å². The quantitative estimate of drug-likeness (QED) is 0.413. The molecule has 6 atom stereocenters. The zero-order valence-electron chi connectivity index (χ0n) is 17.4. The molecular weight excluding hydrogens is 364 g/mol. The molecule has 1 saturated heterocycles. The standard InChI is InChI=1S/C21H30O7/c1-11(22)26-16-9-17(27-12(2)23)21(6)15(20(16,4)5)8-7-14-10-25-19(18(14)21)28-13(3)24/h7,15-19H,8-10H2,1-6H3/t15?,16-,17+,18?,19-,21+/m0/s1. The first-order valence-corrected chi connectivity index (χ1v) is 9.80. The second-order valence-corrected chi connectivity index (χ2v) is 8.95. The second kappa shape index (κ2) is 7.17. The Morgan fingerprint density at radius 3 is 2.11 bits per heavy atom. The maximum Gasteiger partial charge on any atom is 0.304 e. The summed E-state index contributed by atoms with van der Waals surface area (Å²) in [5.74, 6) is -1.32. The predicted octanol–water partition coefficient (Wildman–Crippen LogP) is 2.77. The number of carbonyl (C=O) groups is 3. The number of ether oxygens (including phenoxy) is 4. The number of rotatable bonds is 3. The minimum Gasteiger partial charge on any atom is -0.462 e. The van der Waals surface area contributed by atoms with E-state index < -0.39 is 23.8 Å². The summed E-state index contributed by atoms with van der Waals surface area (Å²) in [5.41, 5.74) is 0.193. The van der Waals surface area contributed by atoms with Gasteiger partial charge in [-0.3, -0.25) is 14.4 Å². The smallest absolute Gasteiger partial charge is 0.304 e. The third-order valence-corrected chi connectivity index (χ3v) is 6.87. The van der Waals surface area contributed by atoms with Crippen molar-refractivity contribution >= 4 is 17.9 Å². The molecule has 7 nitrogen and oxygen atoms in total. The van der Waals surface area contributed by atoms with Gasteiger partial charge in [0.05, 0.1) is 12.5 Å². The van der Waals surface area contributed by atoms with Gasteiger partial charge in [0.25, 0.3) is 0 Å². The van der Waals surface area contributed by atoms with Gasteiger partial charge in [-0.05, 0) is 17.9 Å². The average molecular weight is 394 g/mol. The van der Waals surface area contributed by atoms with E-state index in [4.69, 9.17) is 18.9 Å². The van der Waals surface area contributed by atoms with Crippen LogP contribution in [0.1, 0.15) is 54.4 Å². The molecule has 7 heteroatoms. The number of hydrogen-bond acceptors (Lipinski definition) is 7. The lowest BCUT2D eigenvalue weighted by atomic mass is 9.46. The van der Waals surface area contributed by atoms with Crippen LogP contribution in [0.2, 0.25) is 0 Å². The lowest BCUT2D eigenvalue weighted by Crippen LogP contribution is -2.63. The molecule has 0 N–H and O–H groups in total. The molecule has 3 rings (SSSR count). The SMILES string of the molecule is CC(=O)O[C@@H]1OCC2=CCC3C(C)(C)[C@@H](OC(C)=O)C[C@@H](OC(C)=O)[C@]3(C)C21. The van der Waals surface area contributed by atoms with Crippen molar-refractivity contribution in [3.05, 3.63) is 11.6 Å². The van der Waals surface area contributed by atoms with Crippen LogP contribution in [0.15, 0.2) is 11.6 Å². The highest BCUT2D eigenvalue weighted by atomic mass is 16.7. The lowest BCUT2D eigenvalue weighted by molar-refractivity contribution is -0.232. The van der Waals surface area contributed by atoms with E-state index in [0.29, 0.717) is 13.0 Å². The average Bonchev–Trinajstić information content (AvgIpc) is 2.95. The predicted molar refractivity (Wildman–Crippen MR) is 98.8 cm³/mol. The van der Waals surface area contributed by atoms with Crippen LogP contribution < -0.4 is 0 Å². The Bertz CT molecular complexity index is 710. The van der Waals surface area contributed by atoms with Crippen molar-refractivity contribution in [3.8, 4) is 0 Å². The van der Waals surface area contributed by atoms with Crippen molar-refractivity contribution in [2.24, 2.45) is 22.7 Å². The molecule has 2 fully saturated rings. The third kappa shape index (κ3) is 3.34. The van der Waals surface area contributed by atoms with E-state index in [0.717, 1.165) is 12.0 Å². The van der Waals surface area contributed by atoms with Gasteiger partial charge in [-0.25, -0.2) is 0 Å². The van der Waals surface area contributed by atoms with Crippen molar-refractivity contribution < 1.29 is 33.3 Å². The van der Waals surface area contributed by atoms with E-state index in [-0.39, 0.29) is 35.3 Å². The van der Waals surface area contributed by atoms with E-state index >= 15 is 0 Å². The lowest BCUT2D eigenvalue weighted by Gasteiger charge is -2.60. The summed E-state index contributed by atoms with van der Waals surface area (Å²) in [6, 6.07) is 0. The Balaban J connectivity index is 2.06. The summed E-state index contributed by atoms with van der Waals surface area (Å²) in [6.07, 6.45) is 1.72. The summed E-state index contributed by atoms with van der Waals surface area (Å²) >= 11 is 0. The highest BCUT2D eigenvalue weighted by molar-refractivity contribution is 5.67. The van der Waals surface area contributed by atoms with Crippen LogP contribution in [-0.2, 0) is 33.3 Å². The molecule has 3 aliphatic rings. The summed E-state index contributed by atoms with van der Waals surface area (Å²) in [7, 11) is 0. The zero-order valence-corrected chi connectivity index (χ0v) is 17.4. The summed E-state index contributed by atoms with van der Waals surface area (Å²) < 4.78 is 22.7. The Labute approximate surface area is 165 Å². The number of carbonyl (C=O) groups excluding carboxylic acids is 3. The van der Waals surface area contributed by atoms with Crippen molar-refractivity contribution in [2.45, 2.75) is 72.9 Å². The molecule has 0 aromatic carbocycles. The molecule has 2 aliphatic carbocycles. The highest BCUT2D eigenvalue weighted by Gasteiger charge is 2.65. The maximum absolute atomic E-state index is 11.9. The largest absolute Gasteiger partial charge is 0.462 e. The van der Waals surface area contributed by atoms with Crippen LogP contribution >= 0.6 is 0 Å². The number of allylic oxidation sites excluding steroid dienone is 1. The molecule has 0 bridgehead atoms. The summed E-state index contributed by atoms with van der Waals surface area (Å²) in [6.45, 7) is 10.8. The topological polar surface area (TPSA) is 88.1 Å². The Morgan fingerprint density at radius 1 is 0.964 bits per heavy atom. The molecule has 156 valence electrons. The number of fused-ring (bicyclic) bond motifs is 3. The number of esters is 3. The first-order valence-electron chi connectivity index (χ1n) is 9.80. The third-order valence-electron chi connectivity index (χ3n) is 6.87. The van der Waals surface area contributed by atoms with Crippen LogP contribution in [0, 0.1) is 22.7 Å². The van der Waals surface area contributed by atoms with E-state index in [2.05, 4.69) is 26.8 Å². The number of hydrogen-bond donors (Lipinski definition) is 0. The van der Waals surface area contributed by atoms with Gasteiger partial charge in [0.15, 0.2) is 0 Å². The first-order chi connectivity index (χ1) is 13.0. The molecule has 1 heterocycles. The molecule has 0 amide bonds. The van der Waals surface area contributed by atoms with E-state index in [9.17, 15) is 14.4 Å². The van der Waals surface area contributed by atoms with Crippen molar-refractivity contribution in [2.75, 3.05) is 6.61 Å². The molecule has 1 saturated carbocycles. The van der Waals surface area contributed by atoms with Gasteiger partial charge in [0, 0.05) is 38.0 Å². The van der Waals surface area contributed by atoms with Crippen molar-refractivity contribution in [1.82, 2.24) is 0 Å². The first kappa shape index (κ1) is 20.8. The molecule has 28 heavy (non-hydrogen) atoms. The fourth-order valence-electron chi connectivity index (χ4n) is 5.71. The van der Waals surface area contributed by atoms with Crippen LogP contribution in [0.3, 0.4) is 0 Å². The molecule has 0 aromatic heterocycles. The molecule has 0 spiro atoms. The van der Waals surface area contributed by atoms with Gasteiger partial charge in [-0.15, -0.1) is 0 Å². The molecule has 0 aromatic rings. The van der Waals surface area contributed by atoms with Crippen LogP contribution in [-0.4, -0.2) is 43.0 Å². The minimum absolute atomic E-state index is 0.0379. The van der Waals surface area contributed by atoms with Crippen LogP contribution in [0.4, 0.5) is 0 Å². The van der Waals surface area contributed by atoms with E-state index in [1.54, 1.807) is 0 Å². The van der Waals surface area contributed by atoms with Crippen molar-refractivity contribution in [3.63, 3.8) is 0 Å². The second-order valence-electron chi connectivity index (χ2n) is 8.95. The molecule has 1 aliphatic heterocycles. The molecule has 0 radical (unpaired) electrons. The monoisotopic (exact) mass is 394 g/mol. The van der Waals surface area contributed by atoms with Crippen LogP contribution in [0.25, 0.3) is 0 Å². The van der Waals surface area contributed by atoms with E-state index in [1.807, 2.05) is 0 Å². The van der Waals surface area contributed by atoms with Gasteiger partial charge >= 0.3 is 17.9 Å². The van der Waals surface area contributed by atoms with Gasteiger partial charge in [0.2, 0.25) is 6.29 Å². The fourth-order valence-corrected chi connectivity index (χ4v) is 5.71. The highest BCUT2D eigenvalue weighted by Crippen LogP contribution is 2.63. The van der Waals surface area contributed by atoms with Gasteiger partial charge in [-0.1, -0.05) is 26.8 Å². The fraction of sp³-hybridized carbons (Fsp3) is 0.762. The zero-order chi connectivity index (χ0) is 20.9. The molecule has 2 unspecified atom stereocenters. The summed E-state index contributed by atoms with van der Waals surface area (Å²) in [4.78, 5) is 35.2. The summed E-state index contributed by atoms with van der Waals surface area (Å²) in [5, 5.41) is 0. The van der Waals surface area contributed by atoms with Gasteiger partial charge in [-0.2, -0.15) is 0 Å². The Kier molecular flexibility index (Phi) is 5.34. The van der Waals surface area contributed by atoms with E-state index in [1.165, 1.54) is 20.8 Å². The Hall–Kier alpha value is -1.89. The maximum atomic E-state index is 11.9. The van der Waals surface area contributed by atoms with Crippen molar-refractivity contribution in [1.29, 1.82) is 0 Å². The van der Waals surface area contributed by atoms with Crippen LogP contribution in [0.5, 0.6) is 0 Å². The minimum atomic E-state index is -0.712. The molecular formula is C21H30O7. The Morgan fingerprint density at radius 2 is 1.54 bits per heavy atom.